The topological polar surface area (TPSA) is 23.8 Å². The third-order valence-electron chi connectivity index (χ3n) is 4.72. The van der Waals surface area contributed by atoms with Gasteiger partial charge >= 0.3 is 6.18 Å². The summed E-state index contributed by atoms with van der Waals surface area (Å²) in [6, 6.07) is 7.54. The van der Waals surface area contributed by atoms with Crippen LogP contribution in [0.4, 0.5) is 13.2 Å². The summed E-state index contributed by atoms with van der Waals surface area (Å²) >= 11 is 0. The minimum absolute atomic E-state index is 0.254. The summed E-state index contributed by atoms with van der Waals surface area (Å²) in [5, 5.41) is 9.40. The van der Waals surface area contributed by atoms with Crippen molar-refractivity contribution >= 4 is 0 Å². The van der Waals surface area contributed by atoms with E-state index in [1.54, 1.807) is 6.07 Å². The van der Waals surface area contributed by atoms with E-state index in [4.69, 9.17) is 0 Å². The van der Waals surface area contributed by atoms with Gasteiger partial charge in [-0.05, 0) is 42.7 Å². The lowest BCUT2D eigenvalue weighted by atomic mass is 9.44. The highest BCUT2D eigenvalue weighted by Crippen LogP contribution is 2.64. The molecule has 2 aliphatic carbocycles. The van der Waals surface area contributed by atoms with Crippen LogP contribution < -0.4 is 0 Å². The van der Waals surface area contributed by atoms with Gasteiger partial charge in [-0.25, -0.2) is 0 Å². The van der Waals surface area contributed by atoms with Gasteiger partial charge in [-0.3, -0.25) is 0 Å². The Bertz CT molecular complexity index is 541. The molecule has 1 spiro atoms. The van der Waals surface area contributed by atoms with Gasteiger partial charge in [0.15, 0.2) is 0 Å². The van der Waals surface area contributed by atoms with Gasteiger partial charge in [0.25, 0.3) is 0 Å². The Labute approximate surface area is 110 Å². The van der Waals surface area contributed by atoms with Crippen molar-refractivity contribution < 1.29 is 13.2 Å². The van der Waals surface area contributed by atoms with E-state index in [1.165, 1.54) is 12.5 Å². The van der Waals surface area contributed by atoms with Crippen LogP contribution in [-0.2, 0) is 11.6 Å². The molecule has 0 heterocycles. The minimum Gasteiger partial charge on any atom is -0.197 e. The molecule has 4 heteroatoms. The van der Waals surface area contributed by atoms with Crippen molar-refractivity contribution in [2.45, 2.75) is 43.7 Å². The number of nitriles is 1. The Balaban J connectivity index is 1.92. The third-order valence-corrected chi connectivity index (χ3v) is 4.72. The molecular formula is C15H14F3N. The van der Waals surface area contributed by atoms with Gasteiger partial charge in [0.05, 0.1) is 17.0 Å². The number of rotatable bonds is 1. The van der Waals surface area contributed by atoms with Gasteiger partial charge in [-0.1, -0.05) is 24.6 Å². The Hall–Kier alpha value is -1.50. The Morgan fingerprint density at radius 1 is 1.16 bits per heavy atom. The van der Waals surface area contributed by atoms with Crippen molar-refractivity contribution in [2.24, 2.45) is 5.41 Å². The van der Waals surface area contributed by atoms with Crippen LogP contribution in [0, 0.1) is 16.7 Å². The zero-order valence-corrected chi connectivity index (χ0v) is 10.4. The van der Waals surface area contributed by atoms with E-state index in [0.29, 0.717) is 5.56 Å². The number of halogens is 3. The molecule has 2 aliphatic rings. The molecule has 1 aromatic carbocycles. The Morgan fingerprint density at radius 2 is 1.84 bits per heavy atom. The van der Waals surface area contributed by atoms with Gasteiger partial charge in [-0.15, -0.1) is 0 Å². The normalized spacial score (nSPS) is 23.3. The minimum atomic E-state index is -4.34. The number of nitrogens with zero attached hydrogens (tertiary/aromatic N) is 1. The zero-order chi connectivity index (χ0) is 13.7. The van der Waals surface area contributed by atoms with Crippen LogP contribution in [-0.4, -0.2) is 0 Å². The highest BCUT2D eigenvalue weighted by atomic mass is 19.4. The predicted octanol–water partition coefficient (Wildman–Crippen LogP) is 4.43. The third kappa shape index (κ3) is 1.83. The van der Waals surface area contributed by atoms with Crippen LogP contribution >= 0.6 is 0 Å². The molecule has 0 atom stereocenters. The molecule has 0 aliphatic heterocycles. The fraction of sp³-hybridized carbons (Fsp3) is 0.533. The van der Waals surface area contributed by atoms with Gasteiger partial charge in [0.1, 0.15) is 0 Å². The number of hydrogen-bond donors (Lipinski definition) is 0. The van der Waals surface area contributed by atoms with E-state index < -0.39 is 17.2 Å². The van der Waals surface area contributed by atoms with Crippen LogP contribution in [0.15, 0.2) is 24.3 Å². The molecule has 0 N–H and O–H groups in total. The smallest absolute Gasteiger partial charge is 0.197 e. The average molecular weight is 265 g/mol. The number of benzene rings is 1. The van der Waals surface area contributed by atoms with E-state index in [0.717, 1.165) is 37.8 Å². The largest absolute Gasteiger partial charge is 0.416 e. The molecule has 3 rings (SSSR count). The first-order valence-electron chi connectivity index (χ1n) is 6.48. The Morgan fingerprint density at radius 3 is 2.32 bits per heavy atom. The molecule has 0 bridgehead atoms. The lowest BCUT2D eigenvalue weighted by Gasteiger charge is -2.58. The van der Waals surface area contributed by atoms with Crippen LogP contribution in [0.25, 0.3) is 0 Å². The van der Waals surface area contributed by atoms with Crippen molar-refractivity contribution in [3.05, 3.63) is 35.4 Å². The maximum atomic E-state index is 12.7. The van der Waals surface area contributed by atoms with E-state index in [9.17, 15) is 18.4 Å². The van der Waals surface area contributed by atoms with E-state index >= 15 is 0 Å². The quantitative estimate of drug-likeness (QED) is 0.736. The summed E-state index contributed by atoms with van der Waals surface area (Å²) in [6.07, 6.45) is 0.523. The van der Waals surface area contributed by atoms with Crippen molar-refractivity contribution in [3.63, 3.8) is 0 Å². The molecule has 0 saturated heterocycles. The van der Waals surface area contributed by atoms with Crippen molar-refractivity contribution in [3.8, 4) is 6.07 Å². The monoisotopic (exact) mass is 265 g/mol. The van der Waals surface area contributed by atoms with Crippen LogP contribution in [0.3, 0.4) is 0 Å². The highest BCUT2D eigenvalue weighted by Gasteiger charge is 2.58. The second-order valence-corrected chi connectivity index (χ2v) is 5.98. The van der Waals surface area contributed by atoms with Crippen LogP contribution in [0.2, 0.25) is 0 Å². The molecule has 0 aromatic heterocycles. The van der Waals surface area contributed by atoms with Crippen molar-refractivity contribution in [1.29, 1.82) is 5.26 Å². The summed E-state index contributed by atoms with van der Waals surface area (Å²) in [7, 11) is 0. The Kier molecular flexibility index (Phi) is 2.47. The fourth-order valence-corrected chi connectivity index (χ4v) is 3.60. The molecule has 1 aromatic rings. The molecule has 0 amide bonds. The molecule has 2 saturated carbocycles. The van der Waals surface area contributed by atoms with E-state index in [-0.39, 0.29) is 5.41 Å². The van der Waals surface area contributed by atoms with E-state index in [2.05, 4.69) is 6.07 Å². The summed E-state index contributed by atoms with van der Waals surface area (Å²) in [5.41, 5.74) is -0.567. The maximum Gasteiger partial charge on any atom is 0.416 e. The van der Waals surface area contributed by atoms with Crippen LogP contribution in [0.1, 0.15) is 43.2 Å². The van der Waals surface area contributed by atoms with Gasteiger partial charge < -0.3 is 0 Å². The maximum absolute atomic E-state index is 12.7. The van der Waals surface area contributed by atoms with E-state index in [1.807, 2.05) is 0 Å². The standard InChI is InChI=1S/C15H14F3N/c16-15(17,18)12-4-1-3-11(7-12)14(10-19)8-13(9-14)5-2-6-13/h1,3-4,7H,2,5-6,8-9H2. The first-order chi connectivity index (χ1) is 8.89. The average Bonchev–Trinajstić information content (AvgIpc) is 2.26. The van der Waals surface area contributed by atoms with Crippen LogP contribution in [0.5, 0.6) is 0 Å². The fourth-order valence-electron chi connectivity index (χ4n) is 3.60. The second kappa shape index (κ2) is 3.75. The molecule has 2 fully saturated rings. The second-order valence-electron chi connectivity index (χ2n) is 5.98. The number of hydrogen-bond acceptors (Lipinski definition) is 1. The molecular weight excluding hydrogens is 251 g/mol. The summed E-state index contributed by atoms with van der Waals surface area (Å²) < 4.78 is 38.2. The SMILES string of the molecule is N#CC1(c2cccc(C(F)(F)F)c2)CC2(CCC2)C1. The van der Waals surface area contributed by atoms with Gasteiger partial charge in [0.2, 0.25) is 0 Å². The molecule has 0 unspecified atom stereocenters. The summed E-state index contributed by atoms with van der Waals surface area (Å²) in [5.74, 6) is 0. The lowest BCUT2D eigenvalue weighted by Crippen LogP contribution is -2.52. The predicted molar refractivity (Wildman–Crippen MR) is 64.3 cm³/mol. The summed E-state index contributed by atoms with van der Waals surface area (Å²) in [4.78, 5) is 0. The first kappa shape index (κ1) is 12.5. The molecule has 0 radical (unpaired) electrons. The van der Waals surface area contributed by atoms with Gasteiger partial charge in [-0.2, -0.15) is 18.4 Å². The molecule has 1 nitrogen and oxygen atoms in total. The van der Waals surface area contributed by atoms with Gasteiger partial charge in [0, 0.05) is 0 Å². The molecule has 19 heavy (non-hydrogen) atoms. The highest BCUT2D eigenvalue weighted by molar-refractivity contribution is 5.41. The first-order valence-corrected chi connectivity index (χ1v) is 6.48. The summed E-state index contributed by atoms with van der Waals surface area (Å²) in [6.45, 7) is 0. The van der Waals surface area contributed by atoms with Crippen molar-refractivity contribution in [2.75, 3.05) is 0 Å². The lowest BCUT2D eigenvalue weighted by molar-refractivity contribution is -0.137. The molecule has 100 valence electrons. The zero-order valence-electron chi connectivity index (χ0n) is 10.4. The van der Waals surface area contributed by atoms with Crippen molar-refractivity contribution in [1.82, 2.24) is 0 Å². The number of alkyl halides is 3.